The maximum absolute atomic E-state index is 13.1. The highest BCUT2D eigenvalue weighted by atomic mass is 35.5. The van der Waals surface area contributed by atoms with Gasteiger partial charge in [0.15, 0.2) is 11.6 Å². The minimum Gasteiger partial charge on any atom is -0.297 e. The average molecular weight is 586 g/mol. The van der Waals surface area contributed by atoms with Gasteiger partial charge in [-0.25, -0.2) is 0 Å². The van der Waals surface area contributed by atoms with E-state index >= 15 is 0 Å². The highest BCUT2D eigenvalue weighted by molar-refractivity contribution is 6.11. The number of carbonyl (C=O) groups excluding carboxylic acids is 2. The lowest BCUT2D eigenvalue weighted by atomic mass is 9.84. The molecule has 3 nitrogen and oxygen atoms in total. The summed E-state index contributed by atoms with van der Waals surface area (Å²) in [6.45, 7) is 6.41. The average Bonchev–Trinajstić information content (AvgIpc) is 2.92. The summed E-state index contributed by atoms with van der Waals surface area (Å²) in [6, 6.07) is 0. The molecule has 0 saturated heterocycles. The number of rotatable bonds is 31. The summed E-state index contributed by atoms with van der Waals surface area (Å²) in [6.07, 6.45) is 35.0. The SMILES string of the molecule is CCCCCCCCCCCCCCCC(=O)C(C)(C(=O)CCCCCCCCCCCCCCC)N(C)C.Cl. The van der Waals surface area contributed by atoms with Crippen LogP contribution in [-0.4, -0.2) is 36.1 Å². The highest BCUT2D eigenvalue weighted by Crippen LogP contribution is 2.23. The third-order valence-electron chi connectivity index (χ3n) is 9.00. The van der Waals surface area contributed by atoms with Gasteiger partial charge in [0.05, 0.1) is 0 Å². The summed E-state index contributed by atoms with van der Waals surface area (Å²) in [4.78, 5) is 28.1. The fraction of sp³-hybridized carbons (Fsp3) is 0.944. The van der Waals surface area contributed by atoms with Crippen molar-refractivity contribution in [2.75, 3.05) is 14.1 Å². The normalized spacial score (nSPS) is 11.7. The minimum absolute atomic E-state index is 0. The number of ketones is 2. The lowest BCUT2D eigenvalue weighted by Crippen LogP contribution is -2.54. The molecule has 0 unspecified atom stereocenters. The van der Waals surface area contributed by atoms with Gasteiger partial charge in [0, 0.05) is 12.8 Å². The maximum atomic E-state index is 13.1. The zero-order valence-electron chi connectivity index (χ0n) is 28.0. The van der Waals surface area contributed by atoms with Crippen LogP contribution < -0.4 is 0 Å². The van der Waals surface area contributed by atoms with Crippen LogP contribution in [0.1, 0.15) is 201 Å². The largest absolute Gasteiger partial charge is 0.297 e. The van der Waals surface area contributed by atoms with E-state index in [2.05, 4.69) is 13.8 Å². The van der Waals surface area contributed by atoms with Crippen LogP contribution in [0.25, 0.3) is 0 Å². The third-order valence-corrected chi connectivity index (χ3v) is 9.00. The molecule has 0 spiro atoms. The second kappa shape index (κ2) is 30.1. The molecule has 0 radical (unpaired) electrons. The Bertz CT molecular complexity index is 521. The first kappa shape index (κ1) is 41.7. The highest BCUT2D eigenvalue weighted by Gasteiger charge is 2.41. The van der Waals surface area contributed by atoms with Crippen LogP contribution in [-0.2, 0) is 9.59 Å². The van der Waals surface area contributed by atoms with Crippen LogP contribution in [0.5, 0.6) is 0 Å². The Morgan fingerprint density at radius 2 is 0.625 bits per heavy atom. The molecule has 40 heavy (non-hydrogen) atoms. The molecule has 0 aromatic carbocycles. The van der Waals surface area contributed by atoms with Gasteiger partial charge >= 0.3 is 0 Å². The van der Waals surface area contributed by atoms with Gasteiger partial charge in [0.1, 0.15) is 5.54 Å². The lowest BCUT2D eigenvalue weighted by Gasteiger charge is -2.33. The summed E-state index contributed by atoms with van der Waals surface area (Å²) >= 11 is 0. The first-order chi connectivity index (χ1) is 18.9. The summed E-state index contributed by atoms with van der Waals surface area (Å²) in [5.41, 5.74) is -0.950. The fourth-order valence-electron chi connectivity index (χ4n) is 5.75. The van der Waals surface area contributed by atoms with Crippen LogP contribution in [0.2, 0.25) is 0 Å². The molecule has 0 aliphatic heterocycles. The van der Waals surface area contributed by atoms with E-state index in [-0.39, 0.29) is 24.0 Å². The minimum atomic E-state index is -0.950. The molecule has 4 heteroatoms. The van der Waals surface area contributed by atoms with E-state index in [1.165, 1.54) is 141 Å². The predicted octanol–water partition coefficient (Wildman–Crippen LogP) is 11.8. The molecule has 0 fully saturated rings. The van der Waals surface area contributed by atoms with E-state index in [0.717, 1.165) is 25.7 Å². The molecular weight excluding hydrogens is 514 g/mol. The summed E-state index contributed by atoms with van der Waals surface area (Å²) in [5.74, 6) is 0.241. The Hall–Kier alpha value is -0.410. The number of carbonyl (C=O) groups is 2. The summed E-state index contributed by atoms with van der Waals surface area (Å²) in [5, 5.41) is 0. The Morgan fingerprint density at radius 3 is 0.825 bits per heavy atom. The van der Waals surface area contributed by atoms with Gasteiger partial charge in [-0.2, -0.15) is 0 Å². The van der Waals surface area contributed by atoms with Crippen molar-refractivity contribution in [1.29, 1.82) is 0 Å². The van der Waals surface area contributed by atoms with Crippen molar-refractivity contribution in [2.24, 2.45) is 0 Å². The number of likely N-dealkylation sites (N-methyl/N-ethyl adjacent to an activating group) is 1. The zero-order valence-corrected chi connectivity index (χ0v) is 28.8. The van der Waals surface area contributed by atoms with Gasteiger partial charge in [-0.05, 0) is 33.9 Å². The monoisotopic (exact) mass is 586 g/mol. The van der Waals surface area contributed by atoms with E-state index in [0.29, 0.717) is 12.8 Å². The van der Waals surface area contributed by atoms with Gasteiger partial charge < -0.3 is 0 Å². The van der Waals surface area contributed by atoms with Gasteiger partial charge in [0.2, 0.25) is 0 Å². The molecule has 0 bridgehead atoms. The van der Waals surface area contributed by atoms with Crippen molar-refractivity contribution in [3.05, 3.63) is 0 Å². The molecular formula is C36H72ClNO2. The van der Waals surface area contributed by atoms with Crippen LogP contribution in [0.4, 0.5) is 0 Å². The van der Waals surface area contributed by atoms with E-state index in [1.54, 1.807) is 0 Å². The van der Waals surface area contributed by atoms with Crippen molar-refractivity contribution in [3.8, 4) is 0 Å². The topological polar surface area (TPSA) is 37.4 Å². The van der Waals surface area contributed by atoms with Crippen molar-refractivity contribution in [2.45, 2.75) is 206 Å². The molecule has 0 aliphatic rings. The Kier molecular flexibility index (Phi) is 31.4. The number of Topliss-reactive ketones (excluding diaryl/α,β-unsaturated/α-hetero) is 2. The molecule has 0 heterocycles. The molecule has 0 N–H and O–H groups in total. The van der Waals surface area contributed by atoms with Crippen LogP contribution >= 0.6 is 12.4 Å². The molecule has 0 aromatic heterocycles. The molecule has 0 aromatic rings. The van der Waals surface area contributed by atoms with E-state index < -0.39 is 5.54 Å². The molecule has 0 aliphatic carbocycles. The van der Waals surface area contributed by atoms with Crippen molar-refractivity contribution in [1.82, 2.24) is 4.90 Å². The third kappa shape index (κ3) is 22.2. The smallest absolute Gasteiger partial charge is 0.160 e. The fourth-order valence-corrected chi connectivity index (χ4v) is 5.75. The molecule has 240 valence electrons. The first-order valence-electron chi connectivity index (χ1n) is 17.6. The molecule has 0 rings (SSSR count). The lowest BCUT2D eigenvalue weighted by molar-refractivity contribution is -0.141. The zero-order chi connectivity index (χ0) is 29.0. The number of unbranched alkanes of at least 4 members (excludes halogenated alkanes) is 24. The number of halogens is 1. The summed E-state index contributed by atoms with van der Waals surface area (Å²) in [7, 11) is 3.78. The molecule has 0 atom stereocenters. The van der Waals surface area contributed by atoms with E-state index in [9.17, 15) is 9.59 Å². The van der Waals surface area contributed by atoms with E-state index in [4.69, 9.17) is 0 Å². The predicted molar refractivity (Wildman–Crippen MR) is 180 cm³/mol. The van der Waals surface area contributed by atoms with Gasteiger partial charge in [0.25, 0.3) is 0 Å². The molecule has 0 amide bonds. The number of nitrogens with zero attached hydrogens (tertiary/aromatic N) is 1. The van der Waals surface area contributed by atoms with Crippen LogP contribution in [0.15, 0.2) is 0 Å². The van der Waals surface area contributed by atoms with Gasteiger partial charge in [-0.15, -0.1) is 12.4 Å². The standard InChI is InChI=1S/C36H71NO2.ClH/c1-6-8-10-12-14-16-18-20-22-24-26-28-30-32-34(38)36(3,37(4)5)35(39)33-31-29-27-25-23-21-19-17-15-13-11-9-7-2;/h6-33H2,1-5H3;1H. The van der Waals surface area contributed by atoms with Crippen molar-refractivity contribution in [3.63, 3.8) is 0 Å². The van der Waals surface area contributed by atoms with Crippen molar-refractivity contribution < 1.29 is 9.59 Å². The Balaban J connectivity index is 0. The van der Waals surface area contributed by atoms with Gasteiger partial charge in [-0.1, -0.05) is 168 Å². The number of hydrogen-bond donors (Lipinski definition) is 0. The van der Waals surface area contributed by atoms with E-state index in [1.807, 2.05) is 25.9 Å². The summed E-state index contributed by atoms with van der Waals surface area (Å²) < 4.78 is 0. The maximum Gasteiger partial charge on any atom is 0.160 e. The quantitative estimate of drug-likeness (QED) is 0.0599. The first-order valence-corrected chi connectivity index (χ1v) is 17.6. The van der Waals surface area contributed by atoms with Gasteiger partial charge in [-0.3, -0.25) is 14.5 Å². The van der Waals surface area contributed by atoms with Crippen LogP contribution in [0.3, 0.4) is 0 Å². The number of hydrogen-bond acceptors (Lipinski definition) is 3. The van der Waals surface area contributed by atoms with Crippen LogP contribution in [0, 0.1) is 0 Å². The second-order valence-electron chi connectivity index (χ2n) is 12.8. The Morgan fingerprint density at radius 1 is 0.425 bits per heavy atom. The second-order valence-corrected chi connectivity index (χ2v) is 12.8. The van der Waals surface area contributed by atoms with Crippen molar-refractivity contribution >= 4 is 24.0 Å². The Labute approximate surface area is 258 Å². The molecule has 0 saturated carbocycles.